The third-order valence-electron chi connectivity index (χ3n) is 4.39. The van der Waals surface area contributed by atoms with Gasteiger partial charge in [0.1, 0.15) is 11.9 Å². The van der Waals surface area contributed by atoms with Crippen molar-refractivity contribution in [3.05, 3.63) is 71.0 Å². The van der Waals surface area contributed by atoms with E-state index in [4.69, 9.17) is 0 Å². The first-order valence-corrected chi connectivity index (χ1v) is 10.5. The van der Waals surface area contributed by atoms with Crippen molar-refractivity contribution in [3.8, 4) is 0 Å². The molecule has 2 amide bonds. The van der Waals surface area contributed by atoms with Crippen molar-refractivity contribution in [2.45, 2.75) is 39.1 Å². The molecule has 2 aromatic rings. The summed E-state index contributed by atoms with van der Waals surface area (Å²) < 4.78 is 14.1. The van der Waals surface area contributed by atoms with Gasteiger partial charge in [0.05, 0.1) is 5.75 Å². The third kappa shape index (κ3) is 6.37. The van der Waals surface area contributed by atoms with E-state index in [2.05, 4.69) is 11.4 Å². The summed E-state index contributed by atoms with van der Waals surface area (Å²) in [6.45, 7) is 6.08. The first-order valence-electron chi connectivity index (χ1n) is 9.36. The van der Waals surface area contributed by atoms with Crippen LogP contribution in [0.3, 0.4) is 0 Å². The lowest BCUT2D eigenvalue weighted by Gasteiger charge is -2.28. The lowest BCUT2D eigenvalue weighted by atomic mass is 10.1. The van der Waals surface area contributed by atoms with Crippen LogP contribution in [0.4, 0.5) is 4.39 Å². The summed E-state index contributed by atoms with van der Waals surface area (Å²) in [5.41, 5.74) is 2.72. The van der Waals surface area contributed by atoms with E-state index < -0.39 is 6.04 Å². The standard InChI is InChI=1S/C22H27FN2O2S/c1-4-24-22(27)17(3)25(13-19-10-5-6-11-20(19)23)21(26)15-28-14-18-9-7-8-16(2)12-18/h5-12,17H,4,13-15H2,1-3H3,(H,24,27). The van der Waals surface area contributed by atoms with Gasteiger partial charge < -0.3 is 10.2 Å². The number of benzene rings is 2. The Morgan fingerprint density at radius 2 is 1.93 bits per heavy atom. The summed E-state index contributed by atoms with van der Waals surface area (Å²) in [6.07, 6.45) is 0. The Bertz CT molecular complexity index is 813. The minimum absolute atomic E-state index is 0.0643. The van der Waals surface area contributed by atoms with Crippen molar-refractivity contribution in [2.75, 3.05) is 12.3 Å². The summed E-state index contributed by atoms with van der Waals surface area (Å²) in [5.74, 6) is 0.133. The van der Waals surface area contributed by atoms with Gasteiger partial charge in [-0.25, -0.2) is 4.39 Å². The van der Waals surface area contributed by atoms with Gasteiger partial charge in [-0.2, -0.15) is 0 Å². The van der Waals surface area contributed by atoms with E-state index in [-0.39, 0.29) is 29.9 Å². The highest BCUT2D eigenvalue weighted by Gasteiger charge is 2.26. The zero-order chi connectivity index (χ0) is 20.5. The Morgan fingerprint density at radius 3 is 2.61 bits per heavy atom. The molecule has 2 rings (SSSR count). The molecule has 0 spiro atoms. The highest BCUT2D eigenvalue weighted by atomic mass is 32.2. The average Bonchev–Trinajstić information content (AvgIpc) is 2.67. The molecule has 0 radical (unpaired) electrons. The molecule has 1 atom stereocenters. The van der Waals surface area contributed by atoms with Gasteiger partial charge in [0.25, 0.3) is 0 Å². The number of hydrogen-bond acceptors (Lipinski definition) is 3. The Hall–Kier alpha value is -2.34. The van der Waals surface area contributed by atoms with E-state index in [1.807, 2.05) is 32.0 Å². The molecule has 0 aliphatic carbocycles. The van der Waals surface area contributed by atoms with Crippen molar-refractivity contribution in [1.29, 1.82) is 0 Å². The largest absolute Gasteiger partial charge is 0.355 e. The first kappa shape index (κ1) is 22.0. The van der Waals surface area contributed by atoms with Crippen LogP contribution in [0.25, 0.3) is 0 Å². The maximum absolute atomic E-state index is 14.1. The minimum Gasteiger partial charge on any atom is -0.355 e. The van der Waals surface area contributed by atoms with Crippen LogP contribution in [-0.2, 0) is 21.9 Å². The number of carbonyl (C=O) groups excluding carboxylic acids is 2. The van der Waals surface area contributed by atoms with E-state index >= 15 is 0 Å². The van der Waals surface area contributed by atoms with Gasteiger partial charge in [-0.15, -0.1) is 11.8 Å². The number of hydrogen-bond donors (Lipinski definition) is 1. The number of aryl methyl sites for hydroxylation is 1. The van der Waals surface area contributed by atoms with E-state index in [1.54, 1.807) is 25.1 Å². The Labute approximate surface area is 170 Å². The van der Waals surface area contributed by atoms with Gasteiger partial charge in [0.15, 0.2) is 0 Å². The van der Waals surface area contributed by atoms with Gasteiger partial charge in [-0.1, -0.05) is 48.0 Å². The van der Waals surface area contributed by atoms with Crippen molar-refractivity contribution in [3.63, 3.8) is 0 Å². The van der Waals surface area contributed by atoms with Gasteiger partial charge in [-0.3, -0.25) is 9.59 Å². The second-order valence-electron chi connectivity index (χ2n) is 6.67. The molecular formula is C22H27FN2O2S. The van der Waals surface area contributed by atoms with Crippen LogP contribution in [0, 0.1) is 12.7 Å². The highest BCUT2D eigenvalue weighted by molar-refractivity contribution is 7.99. The highest BCUT2D eigenvalue weighted by Crippen LogP contribution is 2.17. The zero-order valence-electron chi connectivity index (χ0n) is 16.6. The van der Waals surface area contributed by atoms with Crippen molar-refractivity contribution < 1.29 is 14.0 Å². The van der Waals surface area contributed by atoms with Gasteiger partial charge in [0, 0.05) is 24.4 Å². The number of thioether (sulfide) groups is 1. The fourth-order valence-corrected chi connectivity index (χ4v) is 3.71. The molecule has 0 aliphatic heterocycles. The Kier molecular flexibility index (Phi) is 8.51. The quantitative estimate of drug-likeness (QED) is 0.692. The number of rotatable bonds is 9. The molecule has 0 heterocycles. The maximum Gasteiger partial charge on any atom is 0.242 e. The second-order valence-corrected chi connectivity index (χ2v) is 7.65. The zero-order valence-corrected chi connectivity index (χ0v) is 17.4. The normalized spacial score (nSPS) is 11.7. The summed E-state index contributed by atoms with van der Waals surface area (Å²) >= 11 is 1.49. The molecule has 4 nitrogen and oxygen atoms in total. The van der Waals surface area contributed by atoms with E-state index in [0.717, 1.165) is 5.56 Å². The summed E-state index contributed by atoms with van der Waals surface area (Å²) in [6, 6.07) is 13.8. The molecule has 6 heteroatoms. The number of amides is 2. The van der Waals surface area contributed by atoms with Gasteiger partial charge in [0.2, 0.25) is 11.8 Å². The Morgan fingerprint density at radius 1 is 1.18 bits per heavy atom. The van der Waals surface area contributed by atoms with Crippen LogP contribution < -0.4 is 5.32 Å². The van der Waals surface area contributed by atoms with Crippen LogP contribution in [0.5, 0.6) is 0 Å². The molecule has 150 valence electrons. The number of nitrogens with one attached hydrogen (secondary N) is 1. The number of nitrogens with zero attached hydrogens (tertiary/aromatic N) is 1. The summed E-state index contributed by atoms with van der Waals surface area (Å²) in [4.78, 5) is 26.6. The van der Waals surface area contributed by atoms with Gasteiger partial charge in [-0.05, 0) is 32.4 Å². The fourth-order valence-electron chi connectivity index (χ4n) is 2.86. The SMILES string of the molecule is CCNC(=O)C(C)N(Cc1ccccc1F)C(=O)CSCc1cccc(C)c1. The number of carbonyl (C=O) groups is 2. The number of likely N-dealkylation sites (N-methyl/N-ethyl adjacent to an activating group) is 1. The fraction of sp³-hybridized carbons (Fsp3) is 0.364. The van der Waals surface area contributed by atoms with Crippen LogP contribution in [0.15, 0.2) is 48.5 Å². The molecule has 0 aromatic heterocycles. The molecule has 0 aliphatic rings. The van der Waals surface area contributed by atoms with Crippen molar-refractivity contribution in [2.24, 2.45) is 0 Å². The maximum atomic E-state index is 14.1. The minimum atomic E-state index is -0.674. The van der Waals surface area contributed by atoms with Crippen LogP contribution in [0.1, 0.15) is 30.5 Å². The second kappa shape index (κ2) is 10.9. The third-order valence-corrected chi connectivity index (χ3v) is 5.38. The van der Waals surface area contributed by atoms with Crippen LogP contribution >= 0.6 is 11.8 Å². The van der Waals surface area contributed by atoms with E-state index in [1.165, 1.54) is 28.3 Å². The molecular weight excluding hydrogens is 375 g/mol. The number of halogens is 1. The first-order chi connectivity index (χ1) is 13.4. The predicted octanol–water partition coefficient (Wildman–Crippen LogP) is 3.92. The lowest BCUT2D eigenvalue weighted by Crippen LogP contribution is -2.48. The average molecular weight is 403 g/mol. The molecule has 1 N–H and O–H groups in total. The van der Waals surface area contributed by atoms with Crippen molar-refractivity contribution >= 4 is 23.6 Å². The smallest absolute Gasteiger partial charge is 0.242 e. The molecule has 28 heavy (non-hydrogen) atoms. The van der Waals surface area contributed by atoms with E-state index in [9.17, 15) is 14.0 Å². The predicted molar refractivity (Wildman–Crippen MR) is 112 cm³/mol. The molecule has 0 fully saturated rings. The van der Waals surface area contributed by atoms with Crippen LogP contribution in [-0.4, -0.2) is 35.1 Å². The Balaban J connectivity index is 2.07. The topological polar surface area (TPSA) is 49.4 Å². The summed E-state index contributed by atoms with van der Waals surface area (Å²) in [5, 5.41) is 2.74. The molecule has 0 bridgehead atoms. The van der Waals surface area contributed by atoms with E-state index in [0.29, 0.717) is 17.9 Å². The van der Waals surface area contributed by atoms with Crippen LogP contribution in [0.2, 0.25) is 0 Å². The summed E-state index contributed by atoms with van der Waals surface area (Å²) in [7, 11) is 0. The van der Waals surface area contributed by atoms with Gasteiger partial charge >= 0.3 is 0 Å². The lowest BCUT2D eigenvalue weighted by molar-refractivity contribution is -0.138. The molecule has 2 aromatic carbocycles. The molecule has 1 unspecified atom stereocenters. The monoisotopic (exact) mass is 402 g/mol. The molecule has 0 saturated heterocycles. The van der Waals surface area contributed by atoms with Crippen molar-refractivity contribution in [1.82, 2.24) is 10.2 Å². The molecule has 0 saturated carbocycles.